The third-order valence-corrected chi connectivity index (χ3v) is 7.83. The van der Waals surface area contributed by atoms with E-state index in [0.717, 1.165) is 5.39 Å². The van der Waals surface area contributed by atoms with Crippen molar-refractivity contribution in [3.63, 3.8) is 0 Å². The van der Waals surface area contributed by atoms with Gasteiger partial charge >= 0.3 is 17.9 Å². The van der Waals surface area contributed by atoms with Crippen molar-refractivity contribution in [2.75, 3.05) is 19.5 Å². The van der Waals surface area contributed by atoms with Gasteiger partial charge in [0, 0.05) is 34.5 Å². The molecule has 4 aromatic rings. The number of carboxylic acids is 1. The Balaban J connectivity index is 1.59. The zero-order chi connectivity index (χ0) is 32.7. The number of nitrogens with one attached hydrogen (secondary N) is 1. The van der Waals surface area contributed by atoms with Crippen molar-refractivity contribution in [3.05, 3.63) is 110 Å². The molecule has 2 heterocycles. The van der Waals surface area contributed by atoms with Gasteiger partial charge in [-0.3, -0.25) is 4.79 Å². The van der Waals surface area contributed by atoms with Gasteiger partial charge in [0.15, 0.2) is 0 Å². The van der Waals surface area contributed by atoms with Gasteiger partial charge < -0.3 is 29.4 Å². The molecule has 0 saturated heterocycles. The molecule has 230 valence electrons. The monoisotopic (exact) mass is 638 g/mol. The van der Waals surface area contributed by atoms with Gasteiger partial charge in [0.1, 0.15) is 22.8 Å². The highest BCUT2D eigenvalue weighted by Crippen LogP contribution is 2.44. The Labute approximate surface area is 264 Å². The second-order valence-electron chi connectivity index (χ2n) is 10.2. The Morgan fingerprint density at radius 2 is 1.72 bits per heavy atom. The SMILES string of the molecule is COC(=O)c1ccc(C(=O)O)c(-c2c3cc(Cl)c(=O)cc-3oc3c(CNc4cccc5ccc(C(=O)OC)nc45)c(O)ccc23)c1. The van der Waals surface area contributed by atoms with Crippen LogP contribution in [0.1, 0.15) is 36.8 Å². The van der Waals surface area contributed by atoms with E-state index in [1.807, 2.05) is 6.07 Å². The minimum Gasteiger partial charge on any atom is -0.507 e. The van der Waals surface area contributed by atoms with Crippen molar-refractivity contribution in [2.24, 2.45) is 0 Å². The number of nitrogens with zero attached hydrogens (tertiary/aromatic N) is 1. The summed E-state index contributed by atoms with van der Waals surface area (Å²) in [6, 6.07) is 18.2. The minimum atomic E-state index is -1.27. The molecule has 3 aromatic carbocycles. The summed E-state index contributed by atoms with van der Waals surface area (Å²) in [6.45, 7) is -0.0212. The van der Waals surface area contributed by atoms with Crippen molar-refractivity contribution in [2.45, 2.75) is 6.54 Å². The fourth-order valence-electron chi connectivity index (χ4n) is 5.34. The molecule has 1 aromatic heterocycles. The number of para-hydroxylation sites is 1. The lowest BCUT2D eigenvalue weighted by molar-refractivity contribution is 0.0588. The van der Waals surface area contributed by atoms with E-state index < -0.39 is 23.3 Å². The molecule has 0 amide bonds. The van der Waals surface area contributed by atoms with Gasteiger partial charge in [-0.2, -0.15) is 0 Å². The zero-order valence-electron chi connectivity index (χ0n) is 24.2. The van der Waals surface area contributed by atoms with E-state index >= 15 is 0 Å². The van der Waals surface area contributed by atoms with Crippen LogP contribution in [0.3, 0.4) is 0 Å². The van der Waals surface area contributed by atoms with Crippen molar-refractivity contribution >= 4 is 57.1 Å². The largest absolute Gasteiger partial charge is 0.507 e. The number of hydrogen-bond acceptors (Lipinski definition) is 10. The van der Waals surface area contributed by atoms with Crippen LogP contribution in [0.25, 0.3) is 44.3 Å². The molecule has 2 aliphatic rings. The fourth-order valence-corrected chi connectivity index (χ4v) is 5.50. The molecule has 6 rings (SSSR count). The number of methoxy groups -OCH3 is 2. The van der Waals surface area contributed by atoms with E-state index in [9.17, 15) is 29.4 Å². The Morgan fingerprint density at radius 1 is 0.935 bits per heavy atom. The van der Waals surface area contributed by atoms with Crippen molar-refractivity contribution in [1.29, 1.82) is 0 Å². The quantitative estimate of drug-likeness (QED) is 0.132. The first-order valence-corrected chi connectivity index (χ1v) is 14.1. The molecule has 0 fully saturated rings. The topological polar surface area (TPSA) is 165 Å². The number of esters is 2. The van der Waals surface area contributed by atoms with Crippen LogP contribution in [0.15, 0.2) is 82.0 Å². The molecule has 1 aliphatic heterocycles. The van der Waals surface area contributed by atoms with Crippen LogP contribution in [0, 0.1) is 0 Å². The van der Waals surface area contributed by atoms with E-state index in [1.165, 1.54) is 50.6 Å². The molecule has 0 unspecified atom stereocenters. The summed E-state index contributed by atoms with van der Waals surface area (Å²) in [4.78, 5) is 54.1. The molecule has 0 spiro atoms. The number of aromatic hydroxyl groups is 1. The lowest BCUT2D eigenvalue weighted by atomic mass is 9.89. The number of benzene rings is 4. The van der Waals surface area contributed by atoms with E-state index in [-0.39, 0.29) is 56.6 Å². The number of pyridine rings is 1. The third kappa shape index (κ3) is 5.22. The molecule has 12 heteroatoms. The molecule has 0 saturated carbocycles. The average molecular weight is 639 g/mol. The molecule has 1 aliphatic carbocycles. The number of phenolic OH excluding ortho intramolecular Hbond substituents is 1. The van der Waals surface area contributed by atoms with Crippen molar-refractivity contribution in [3.8, 4) is 28.2 Å². The normalized spacial score (nSPS) is 11.1. The fraction of sp³-hybridized carbons (Fsp3) is 0.0882. The highest BCUT2D eigenvalue weighted by Gasteiger charge is 2.26. The number of carbonyl (C=O) groups is 3. The average Bonchev–Trinajstić information content (AvgIpc) is 3.06. The number of aromatic nitrogens is 1. The first-order valence-electron chi connectivity index (χ1n) is 13.7. The third-order valence-electron chi connectivity index (χ3n) is 7.53. The number of carbonyl (C=O) groups excluding carboxylic acids is 2. The van der Waals surface area contributed by atoms with Crippen molar-refractivity contribution in [1.82, 2.24) is 4.98 Å². The Bertz CT molecular complexity index is 2260. The van der Waals surface area contributed by atoms with E-state index in [2.05, 4.69) is 10.3 Å². The van der Waals surface area contributed by atoms with Crippen LogP contribution < -0.4 is 10.7 Å². The maximum absolute atomic E-state index is 12.6. The highest BCUT2D eigenvalue weighted by atomic mass is 35.5. The first-order chi connectivity index (χ1) is 22.1. The summed E-state index contributed by atoms with van der Waals surface area (Å²) in [5.74, 6) is -2.64. The summed E-state index contributed by atoms with van der Waals surface area (Å²) in [7, 11) is 2.47. The Kier molecular flexibility index (Phi) is 7.76. The summed E-state index contributed by atoms with van der Waals surface area (Å²) < 4.78 is 15.9. The van der Waals surface area contributed by atoms with Crippen LogP contribution in [0.5, 0.6) is 5.75 Å². The molecular weight excluding hydrogens is 616 g/mol. The molecule has 0 atom stereocenters. The number of hydrogen-bond donors (Lipinski definition) is 3. The van der Waals surface area contributed by atoms with E-state index in [1.54, 1.807) is 30.3 Å². The van der Waals surface area contributed by atoms with Gasteiger partial charge in [-0.1, -0.05) is 29.8 Å². The zero-order valence-corrected chi connectivity index (χ0v) is 25.0. The Hall–Kier alpha value is -5.94. The first kappa shape index (κ1) is 30.1. The molecule has 3 N–H and O–H groups in total. The molecular formula is C34H23ClN2O9. The summed E-state index contributed by atoms with van der Waals surface area (Å²) in [5.41, 5.74) is 1.69. The standard InChI is InChI=1S/C34H23ClN2O9/c1-44-33(42)17-6-8-18(32(40)41)20(12-17)29-19-9-11-26(38)22(31(19)46-28-14-27(39)23(35)13-21(28)29)15-36-24-5-3-4-16-7-10-25(34(43)45-2)37-30(16)24/h3-14,36,38H,15H2,1-2H3,(H,40,41). The summed E-state index contributed by atoms with van der Waals surface area (Å²) >= 11 is 6.24. The van der Waals surface area contributed by atoms with Gasteiger partial charge in [0.2, 0.25) is 5.43 Å². The van der Waals surface area contributed by atoms with Crippen LogP contribution >= 0.6 is 11.6 Å². The number of phenols is 1. The van der Waals surface area contributed by atoms with Crippen LogP contribution in [-0.2, 0) is 16.0 Å². The molecule has 11 nitrogen and oxygen atoms in total. The number of fused-ring (bicyclic) bond motifs is 3. The number of anilines is 1. The van der Waals surface area contributed by atoms with E-state index in [0.29, 0.717) is 27.7 Å². The van der Waals surface area contributed by atoms with Gasteiger partial charge in [-0.05, 0) is 54.1 Å². The summed E-state index contributed by atoms with van der Waals surface area (Å²) in [5, 5.41) is 25.4. The number of aromatic carboxylic acids is 1. The molecule has 0 bridgehead atoms. The van der Waals surface area contributed by atoms with Crippen LogP contribution in [-0.4, -0.2) is 47.3 Å². The predicted molar refractivity (Wildman–Crippen MR) is 170 cm³/mol. The summed E-state index contributed by atoms with van der Waals surface area (Å²) in [6.07, 6.45) is 0. The van der Waals surface area contributed by atoms with Crippen LogP contribution in [0.2, 0.25) is 5.02 Å². The number of ether oxygens (including phenoxy) is 2. The maximum atomic E-state index is 12.6. The van der Waals surface area contributed by atoms with Crippen molar-refractivity contribution < 1.29 is 38.5 Å². The maximum Gasteiger partial charge on any atom is 0.356 e. The second kappa shape index (κ2) is 11.9. The smallest absolute Gasteiger partial charge is 0.356 e. The number of halogens is 1. The van der Waals surface area contributed by atoms with Gasteiger partial charge in [0.25, 0.3) is 0 Å². The second-order valence-corrected chi connectivity index (χ2v) is 10.6. The van der Waals surface area contributed by atoms with Crippen LogP contribution in [0.4, 0.5) is 5.69 Å². The number of rotatable bonds is 7. The lowest BCUT2D eigenvalue weighted by Crippen LogP contribution is -2.08. The predicted octanol–water partition coefficient (Wildman–Crippen LogP) is 6.36. The van der Waals surface area contributed by atoms with Gasteiger partial charge in [0.05, 0.1) is 47.1 Å². The molecule has 0 radical (unpaired) electrons. The number of carboxylic acid groups (broad SMARTS) is 1. The Morgan fingerprint density at radius 3 is 2.46 bits per heavy atom. The minimum absolute atomic E-state index is 0.0212. The highest BCUT2D eigenvalue weighted by molar-refractivity contribution is 6.31. The van der Waals surface area contributed by atoms with Gasteiger partial charge in [-0.25, -0.2) is 19.4 Å². The van der Waals surface area contributed by atoms with Gasteiger partial charge in [-0.15, -0.1) is 0 Å². The van der Waals surface area contributed by atoms with E-state index in [4.69, 9.17) is 25.5 Å². The lowest BCUT2D eigenvalue weighted by Gasteiger charge is -2.20. The molecule has 46 heavy (non-hydrogen) atoms.